The van der Waals surface area contributed by atoms with Gasteiger partial charge >= 0.3 is 12.1 Å². The van der Waals surface area contributed by atoms with Gasteiger partial charge in [-0.1, -0.05) is 38.8 Å². The van der Waals surface area contributed by atoms with Gasteiger partial charge in [0.1, 0.15) is 0 Å². The summed E-state index contributed by atoms with van der Waals surface area (Å²) in [4.78, 5) is 25.3. The van der Waals surface area contributed by atoms with E-state index in [0.717, 1.165) is 48.2 Å². The SMILES string of the molecule is CCCc1cn(C(=O)Nc2ccccc2NC(=O)n2cc(CCC)c(C)n2)nc1C. The number of amides is 2. The number of nitrogens with zero attached hydrogens (tertiary/aromatic N) is 4. The van der Waals surface area contributed by atoms with Crippen LogP contribution in [-0.4, -0.2) is 31.6 Å². The lowest BCUT2D eigenvalue weighted by molar-refractivity contribution is 0.249. The maximum atomic E-state index is 12.7. The second kappa shape index (κ2) is 9.39. The number of hydrogen-bond acceptors (Lipinski definition) is 4. The minimum absolute atomic E-state index is 0.387. The predicted octanol–water partition coefficient (Wildman–Crippen LogP) is 4.76. The van der Waals surface area contributed by atoms with Gasteiger partial charge in [0, 0.05) is 12.4 Å². The van der Waals surface area contributed by atoms with Gasteiger partial charge < -0.3 is 10.6 Å². The molecule has 0 atom stereocenters. The molecule has 1 aromatic carbocycles. The second-order valence-corrected chi connectivity index (χ2v) is 7.27. The summed E-state index contributed by atoms with van der Waals surface area (Å²) in [5.74, 6) is 0. The summed E-state index contributed by atoms with van der Waals surface area (Å²) in [7, 11) is 0. The molecular formula is C22H28N6O2. The highest BCUT2D eigenvalue weighted by Gasteiger charge is 2.15. The predicted molar refractivity (Wildman–Crippen MR) is 117 cm³/mol. The van der Waals surface area contributed by atoms with Crippen molar-refractivity contribution in [2.24, 2.45) is 0 Å². The maximum Gasteiger partial charge on any atom is 0.346 e. The van der Waals surface area contributed by atoms with Gasteiger partial charge in [-0.25, -0.2) is 9.59 Å². The Labute approximate surface area is 176 Å². The molecule has 0 bridgehead atoms. The van der Waals surface area contributed by atoms with Crippen LogP contribution >= 0.6 is 0 Å². The highest BCUT2D eigenvalue weighted by Crippen LogP contribution is 2.22. The molecule has 0 aliphatic rings. The molecule has 0 spiro atoms. The summed E-state index contributed by atoms with van der Waals surface area (Å²) in [5.41, 5.74) is 4.74. The molecule has 3 rings (SSSR count). The first-order chi connectivity index (χ1) is 14.4. The fraction of sp³-hybridized carbons (Fsp3) is 0.364. The molecule has 0 unspecified atom stereocenters. The van der Waals surface area contributed by atoms with Crippen LogP contribution in [0.4, 0.5) is 21.0 Å². The van der Waals surface area contributed by atoms with E-state index in [0.29, 0.717) is 11.4 Å². The lowest BCUT2D eigenvalue weighted by Gasteiger charge is -2.12. The number of rotatable bonds is 6. The minimum Gasteiger partial charge on any atom is -0.304 e. The van der Waals surface area contributed by atoms with Crippen LogP contribution in [0.1, 0.15) is 49.2 Å². The molecule has 0 fully saturated rings. The van der Waals surface area contributed by atoms with Crippen molar-refractivity contribution >= 4 is 23.4 Å². The van der Waals surface area contributed by atoms with E-state index in [9.17, 15) is 9.59 Å². The number of carbonyl (C=O) groups is 2. The van der Waals surface area contributed by atoms with Crippen LogP contribution in [0.5, 0.6) is 0 Å². The third kappa shape index (κ3) is 4.76. The zero-order valence-corrected chi connectivity index (χ0v) is 17.9. The van der Waals surface area contributed by atoms with Crippen molar-refractivity contribution in [1.29, 1.82) is 0 Å². The van der Waals surface area contributed by atoms with Crippen molar-refractivity contribution in [2.75, 3.05) is 10.6 Å². The monoisotopic (exact) mass is 408 g/mol. The zero-order chi connectivity index (χ0) is 21.7. The first-order valence-electron chi connectivity index (χ1n) is 10.2. The number of hydrogen-bond donors (Lipinski definition) is 2. The molecule has 3 aromatic rings. The molecular weight excluding hydrogens is 380 g/mol. The van der Waals surface area contributed by atoms with Gasteiger partial charge in [-0.15, -0.1) is 0 Å². The summed E-state index contributed by atoms with van der Waals surface area (Å²) in [6.45, 7) is 7.95. The lowest BCUT2D eigenvalue weighted by Crippen LogP contribution is -2.23. The molecule has 0 saturated carbocycles. The average molecular weight is 409 g/mol. The van der Waals surface area contributed by atoms with Crippen molar-refractivity contribution in [2.45, 2.75) is 53.4 Å². The van der Waals surface area contributed by atoms with Gasteiger partial charge in [0.05, 0.1) is 22.8 Å². The molecule has 8 heteroatoms. The molecule has 2 heterocycles. The van der Waals surface area contributed by atoms with E-state index in [4.69, 9.17) is 0 Å². The summed E-state index contributed by atoms with van der Waals surface area (Å²) in [6.07, 6.45) is 7.20. The fourth-order valence-corrected chi connectivity index (χ4v) is 3.28. The molecule has 30 heavy (non-hydrogen) atoms. The first kappa shape index (κ1) is 21.3. The number of aryl methyl sites for hydroxylation is 4. The van der Waals surface area contributed by atoms with Gasteiger partial charge in [-0.3, -0.25) is 0 Å². The number of aromatic nitrogens is 4. The first-order valence-corrected chi connectivity index (χ1v) is 10.2. The van der Waals surface area contributed by atoms with Crippen LogP contribution in [0.2, 0.25) is 0 Å². The zero-order valence-electron chi connectivity index (χ0n) is 17.9. The maximum absolute atomic E-state index is 12.7. The summed E-state index contributed by atoms with van der Waals surface area (Å²) < 4.78 is 2.60. The van der Waals surface area contributed by atoms with Crippen LogP contribution in [-0.2, 0) is 12.8 Å². The third-order valence-electron chi connectivity index (χ3n) is 4.87. The summed E-state index contributed by atoms with van der Waals surface area (Å²) >= 11 is 0. The summed E-state index contributed by atoms with van der Waals surface area (Å²) in [6, 6.07) is 6.27. The van der Waals surface area contributed by atoms with E-state index >= 15 is 0 Å². The number of benzene rings is 1. The molecule has 2 amide bonds. The highest BCUT2D eigenvalue weighted by atomic mass is 16.2. The Morgan fingerprint density at radius 3 is 1.57 bits per heavy atom. The van der Waals surface area contributed by atoms with Crippen LogP contribution in [0.15, 0.2) is 36.7 Å². The Morgan fingerprint density at radius 2 is 1.20 bits per heavy atom. The van der Waals surface area contributed by atoms with E-state index in [1.165, 1.54) is 9.36 Å². The number of anilines is 2. The second-order valence-electron chi connectivity index (χ2n) is 7.27. The number of para-hydroxylation sites is 2. The van der Waals surface area contributed by atoms with Crippen LogP contribution < -0.4 is 10.6 Å². The van der Waals surface area contributed by atoms with Crippen LogP contribution in [0.25, 0.3) is 0 Å². The molecule has 158 valence electrons. The van der Waals surface area contributed by atoms with E-state index < -0.39 is 0 Å². The van der Waals surface area contributed by atoms with Crippen molar-refractivity contribution in [3.63, 3.8) is 0 Å². The Bertz CT molecular complexity index is 967. The number of nitrogens with one attached hydrogen (secondary N) is 2. The number of carbonyl (C=O) groups excluding carboxylic acids is 2. The van der Waals surface area contributed by atoms with Gasteiger partial charge in [-0.05, 0) is 49.9 Å². The largest absolute Gasteiger partial charge is 0.346 e. The van der Waals surface area contributed by atoms with Gasteiger partial charge in [-0.2, -0.15) is 19.6 Å². The van der Waals surface area contributed by atoms with E-state index in [-0.39, 0.29) is 12.1 Å². The Hall–Kier alpha value is -3.42. The smallest absolute Gasteiger partial charge is 0.304 e. The Kier molecular flexibility index (Phi) is 6.66. The third-order valence-corrected chi connectivity index (χ3v) is 4.87. The minimum atomic E-state index is -0.387. The molecule has 8 nitrogen and oxygen atoms in total. The van der Waals surface area contributed by atoms with Gasteiger partial charge in [0.25, 0.3) is 0 Å². The summed E-state index contributed by atoms with van der Waals surface area (Å²) in [5, 5.41) is 14.2. The van der Waals surface area contributed by atoms with E-state index in [2.05, 4.69) is 34.7 Å². The van der Waals surface area contributed by atoms with Crippen molar-refractivity contribution in [3.8, 4) is 0 Å². The molecule has 2 aromatic heterocycles. The van der Waals surface area contributed by atoms with Crippen molar-refractivity contribution in [3.05, 3.63) is 59.2 Å². The standard InChI is InChI=1S/C22H28N6O2/c1-5-9-17-13-27(25-15(17)3)21(29)23-19-11-7-8-12-20(19)24-22(30)28-14-18(10-6-2)16(4)26-28/h7-8,11-14H,5-6,9-10H2,1-4H3,(H,23,29)(H,24,30). The van der Waals surface area contributed by atoms with Crippen LogP contribution in [0.3, 0.4) is 0 Å². The Morgan fingerprint density at radius 1 is 0.800 bits per heavy atom. The molecule has 0 aliphatic carbocycles. The molecule has 0 aliphatic heterocycles. The van der Waals surface area contributed by atoms with Crippen molar-refractivity contribution in [1.82, 2.24) is 19.6 Å². The molecule has 0 saturated heterocycles. The quantitative estimate of drug-likeness (QED) is 0.615. The fourth-order valence-electron chi connectivity index (χ4n) is 3.28. The lowest BCUT2D eigenvalue weighted by atomic mass is 10.2. The van der Waals surface area contributed by atoms with Crippen LogP contribution in [0, 0.1) is 13.8 Å². The normalized spacial score (nSPS) is 10.8. The Balaban J connectivity index is 1.76. The average Bonchev–Trinajstić information content (AvgIpc) is 3.27. The van der Waals surface area contributed by atoms with Crippen molar-refractivity contribution < 1.29 is 9.59 Å². The van der Waals surface area contributed by atoms with Gasteiger partial charge in [0.2, 0.25) is 0 Å². The topological polar surface area (TPSA) is 93.8 Å². The highest BCUT2D eigenvalue weighted by molar-refractivity contribution is 5.99. The van der Waals surface area contributed by atoms with Gasteiger partial charge in [0.15, 0.2) is 0 Å². The van der Waals surface area contributed by atoms with E-state index in [1.807, 2.05) is 13.8 Å². The van der Waals surface area contributed by atoms with E-state index in [1.54, 1.807) is 36.7 Å². The molecule has 2 N–H and O–H groups in total. The molecule has 0 radical (unpaired) electrons.